The van der Waals surface area contributed by atoms with Crippen LogP contribution < -0.4 is 4.74 Å². The maximum atomic E-state index is 15.0. The van der Waals surface area contributed by atoms with Gasteiger partial charge in [0.2, 0.25) is 0 Å². The van der Waals surface area contributed by atoms with E-state index < -0.39 is 23.7 Å². The lowest BCUT2D eigenvalue weighted by atomic mass is 9.71. The van der Waals surface area contributed by atoms with Gasteiger partial charge in [-0.05, 0) is 87.2 Å². The van der Waals surface area contributed by atoms with Crippen LogP contribution in [0.2, 0.25) is 0 Å². The zero-order chi connectivity index (χ0) is 21.8. The smallest absolute Gasteiger partial charge is 0.326 e. The van der Waals surface area contributed by atoms with Crippen molar-refractivity contribution in [2.24, 2.45) is 10.8 Å². The maximum absolute atomic E-state index is 15.0. The molecule has 5 rings (SSSR count). The number of hydrogen-bond acceptors (Lipinski definition) is 3. The summed E-state index contributed by atoms with van der Waals surface area (Å²) < 4.78 is 21.3. The predicted molar refractivity (Wildman–Crippen MR) is 114 cm³/mol. The first-order valence-corrected chi connectivity index (χ1v) is 11.8. The number of carbonyl (C=O) groups is 2. The van der Waals surface area contributed by atoms with E-state index in [1.165, 1.54) is 36.6 Å². The van der Waals surface area contributed by atoms with Crippen LogP contribution in [0.3, 0.4) is 0 Å². The Labute approximate surface area is 182 Å². The molecule has 0 radical (unpaired) electrons. The molecular formula is C25H32FNO4. The van der Waals surface area contributed by atoms with Crippen LogP contribution in [0.15, 0.2) is 12.1 Å². The van der Waals surface area contributed by atoms with E-state index in [9.17, 15) is 14.7 Å². The fourth-order valence-corrected chi connectivity index (χ4v) is 5.45. The second-order valence-corrected chi connectivity index (χ2v) is 10.7. The Morgan fingerprint density at radius 1 is 1.13 bits per heavy atom. The zero-order valence-corrected chi connectivity index (χ0v) is 18.3. The molecule has 1 aromatic carbocycles. The zero-order valence-electron chi connectivity index (χ0n) is 18.3. The molecule has 1 atom stereocenters. The third kappa shape index (κ3) is 4.06. The van der Waals surface area contributed by atoms with Gasteiger partial charge >= 0.3 is 5.97 Å². The number of carboxylic acids is 1. The summed E-state index contributed by atoms with van der Waals surface area (Å²) in [6, 6.07) is 2.12. The lowest BCUT2D eigenvalue weighted by Crippen LogP contribution is -2.40. The molecular weight excluding hydrogens is 397 g/mol. The van der Waals surface area contributed by atoms with E-state index >= 15 is 4.39 Å². The Kier molecular flexibility index (Phi) is 5.02. The molecule has 1 N–H and O–H groups in total. The molecule has 3 aliphatic carbocycles. The van der Waals surface area contributed by atoms with Crippen molar-refractivity contribution in [3.63, 3.8) is 0 Å². The fourth-order valence-electron chi connectivity index (χ4n) is 5.45. The summed E-state index contributed by atoms with van der Waals surface area (Å²) in [7, 11) is 0. The van der Waals surface area contributed by atoms with Crippen LogP contribution in [-0.2, 0) is 4.79 Å². The first-order valence-electron chi connectivity index (χ1n) is 11.8. The molecule has 3 saturated carbocycles. The summed E-state index contributed by atoms with van der Waals surface area (Å²) in [6.07, 6.45) is 10.6. The first kappa shape index (κ1) is 20.8. The van der Waals surface area contributed by atoms with E-state index in [0.29, 0.717) is 43.1 Å². The van der Waals surface area contributed by atoms with Gasteiger partial charge in [0.05, 0.1) is 12.2 Å². The average Bonchev–Trinajstić information content (AvgIpc) is 3.67. The van der Waals surface area contributed by atoms with Gasteiger partial charge in [0, 0.05) is 18.0 Å². The van der Waals surface area contributed by atoms with Gasteiger partial charge in [-0.15, -0.1) is 0 Å². The maximum Gasteiger partial charge on any atom is 0.326 e. The quantitative estimate of drug-likeness (QED) is 0.681. The Bertz CT molecular complexity index is 895. The molecule has 4 fully saturated rings. The minimum atomic E-state index is -1.03. The molecule has 31 heavy (non-hydrogen) atoms. The summed E-state index contributed by atoms with van der Waals surface area (Å²) in [4.78, 5) is 25.8. The molecule has 5 nitrogen and oxygen atoms in total. The number of aliphatic carboxylic acids is 1. The molecule has 1 spiro atoms. The van der Waals surface area contributed by atoms with Crippen LogP contribution in [-0.4, -0.2) is 41.1 Å². The SMILES string of the molecule is CC1(COc2cc(F)c(C(=O)N3CCC[C@H]3C(=O)O)cc2C2CC2)CCC2(CC1)CC2. The topological polar surface area (TPSA) is 66.8 Å². The molecule has 1 aliphatic heterocycles. The summed E-state index contributed by atoms with van der Waals surface area (Å²) in [5.41, 5.74) is 1.61. The number of ether oxygens (including phenoxy) is 1. The van der Waals surface area contributed by atoms with Gasteiger partial charge in [-0.1, -0.05) is 6.92 Å². The van der Waals surface area contributed by atoms with E-state index in [2.05, 4.69) is 6.92 Å². The van der Waals surface area contributed by atoms with Crippen molar-refractivity contribution in [1.29, 1.82) is 0 Å². The number of benzene rings is 1. The van der Waals surface area contributed by atoms with Gasteiger partial charge in [0.15, 0.2) is 0 Å². The van der Waals surface area contributed by atoms with Gasteiger partial charge in [-0.3, -0.25) is 4.79 Å². The molecule has 4 aliphatic rings. The van der Waals surface area contributed by atoms with Crippen molar-refractivity contribution >= 4 is 11.9 Å². The van der Waals surface area contributed by atoms with Gasteiger partial charge in [0.1, 0.15) is 17.6 Å². The Hall–Kier alpha value is -2.11. The monoisotopic (exact) mass is 429 g/mol. The van der Waals surface area contributed by atoms with Crippen molar-refractivity contribution in [3.8, 4) is 5.75 Å². The number of amides is 1. The second-order valence-electron chi connectivity index (χ2n) is 10.7. The molecule has 0 aromatic heterocycles. The standard InChI is InChI=1S/C25H32FNO4/c1-24(6-8-25(9-7-24)10-11-25)15-31-21-14-19(26)18(13-17(21)16-4-5-16)22(28)27-12-2-3-20(27)23(29)30/h13-14,16,20H,2-12,15H2,1H3,(H,29,30)/t20-/m0/s1. The van der Waals surface area contributed by atoms with Crippen molar-refractivity contribution in [3.05, 3.63) is 29.1 Å². The molecule has 1 aromatic rings. The molecule has 1 saturated heterocycles. The highest BCUT2D eigenvalue weighted by atomic mass is 19.1. The predicted octanol–water partition coefficient (Wildman–Crippen LogP) is 5.13. The van der Waals surface area contributed by atoms with Gasteiger partial charge in [0.25, 0.3) is 5.91 Å². The lowest BCUT2D eigenvalue weighted by molar-refractivity contribution is -0.141. The number of carboxylic acid groups (broad SMARTS) is 1. The number of likely N-dealkylation sites (tertiary alicyclic amines) is 1. The van der Waals surface area contributed by atoms with E-state index in [-0.39, 0.29) is 11.0 Å². The minimum absolute atomic E-state index is 0.0260. The number of rotatable bonds is 6. The van der Waals surface area contributed by atoms with Crippen LogP contribution in [0.5, 0.6) is 5.75 Å². The summed E-state index contributed by atoms with van der Waals surface area (Å²) in [6.45, 7) is 3.20. The highest BCUT2D eigenvalue weighted by molar-refractivity contribution is 5.97. The molecule has 0 unspecified atom stereocenters. The van der Waals surface area contributed by atoms with Crippen LogP contribution in [0.4, 0.5) is 4.39 Å². The number of halogens is 1. The van der Waals surface area contributed by atoms with Crippen molar-refractivity contribution < 1.29 is 23.8 Å². The van der Waals surface area contributed by atoms with E-state index in [4.69, 9.17) is 4.74 Å². The van der Waals surface area contributed by atoms with Crippen LogP contribution in [0.25, 0.3) is 0 Å². The van der Waals surface area contributed by atoms with E-state index in [1.807, 2.05) is 0 Å². The van der Waals surface area contributed by atoms with E-state index in [1.54, 1.807) is 6.07 Å². The van der Waals surface area contributed by atoms with Gasteiger partial charge in [-0.25, -0.2) is 9.18 Å². The first-order chi connectivity index (χ1) is 14.8. The van der Waals surface area contributed by atoms with Crippen LogP contribution in [0, 0.1) is 16.6 Å². The van der Waals surface area contributed by atoms with Gasteiger partial charge in [-0.2, -0.15) is 0 Å². The Balaban J connectivity index is 1.34. The molecule has 168 valence electrons. The Morgan fingerprint density at radius 3 is 2.42 bits per heavy atom. The number of hydrogen-bond donors (Lipinski definition) is 1. The highest BCUT2D eigenvalue weighted by Crippen LogP contribution is 2.59. The van der Waals surface area contributed by atoms with Crippen molar-refractivity contribution in [1.82, 2.24) is 4.90 Å². The number of nitrogens with zero attached hydrogens (tertiary/aromatic N) is 1. The lowest BCUT2D eigenvalue weighted by Gasteiger charge is -2.37. The summed E-state index contributed by atoms with van der Waals surface area (Å²) in [5.74, 6) is -1.32. The fraction of sp³-hybridized carbons (Fsp3) is 0.680. The molecule has 1 amide bonds. The van der Waals surface area contributed by atoms with E-state index in [0.717, 1.165) is 31.2 Å². The molecule has 0 bridgehead atoms. The summed E-state index contributed by atoms with van der Waals surface area (Å²) >= 11 is 0. The van der Waals surface area contributed by atoms with Gasteiger partial charge < -0.3 is 14.7 Å². The normalized spacial score (nSPS) is 26.1. The minimum Gasteiger partial charge on any atom is -0.493 e. The third-order valence-electron chi connectivity index (χ3n) is 8.20. The van der Waals surface area contributed by atoms with Crippen LogP contribution >= 0.6 is 0 Å². The highest BCUT2D eigenvalue weighted by Gasteiger charge is 2.48. The number of carbonyl (C=O) groups excluding carboxylic acids is 1. The van der Waals surface area contributed by atoms with Crippen LogP contribution in [0.1, 0.15) is 93.0 Å². The van der Waals surface area contributed by atoms with Crippen molar-refractivity contribution in [2.45, 2.75) is 83.1 Å². The Morgan fingerprint density at radius 2 is 1.81 bits per heavy atom. The molecule has 6 heteroatoms. The summed E-state index contributed by atoms with van der Waals surface area (Å²) in [5, 5.41) is 9.39. The molecule has 1 heterocycles. The second kappa shape index (κ2) is 7.49. The largest absolute Gasteiger partial charge is 0.493 e. The average molecular weight is 430 g/mol. The third-order valence-corrected chi connectivity index (χ3v) is 8.20. The van der Waals surface area contributed by atoms with Crippen molar-refractivity contribution in [2.75, 3.05) is 13.2 Å².